The maximum Gasteiger partial charge on any atom is 0.332 e. The Morgan fingerprint density at radius 2 is 2.53 bits per heavy atom. The highest BCUT2D eigenvalue weighted by atomic mass is 32.1. The summed E-state index contributed by atoms with van der Waals surface area (Å²) in [7, 11) is 0. The third-order valence-corrected chi connectivity index (χ3v) is 2.74. The van der Waals surface area contributed by atoms with Crippen LogP contribution in [0.4, 0.5) is 0 Å². The molecule has 0 amide bonds. The van der Waals surface area contributed by atoms with Gasteiger partial charge >= 0.3 is 5.97 Å². The van der Waals surface area contributed by atoms with Gasteiger partial charge in [0.05, 0.1) is 0 Å². The van der Waals surface area contributed by atoms with Gasteiger partial charge in [-0.25, -0.2) is 4.79 Å². The van der Waals surface area contributed by atoms with E-state index in [-0.39, 0.29) is 12.5 Å². The maximum atomic E-state index is 10.5. The summed E-state index contributed by atoms with van der Waals surface area (Å²) in [6.07, 6.45) is -0.897. The van der Waals surface area contributed by atoms with Crippen LogP contribution in [0.1, 0.15) is 12.8 Å². The van der Waals surface area contributed by atoms with Crippen molar-refractivity contribution >= 4 is 17.3 Å². The van der Waals surface area contributed by atoms with E-state index in [0.717, 1.165) is 5.56 Å². The van der Waals surface area contributed by atoms with Crippen molar-refractivity contribution in [2.75, 3.05) is 0 Å². The molecule has 2 heterocycles. The predicted molar refractivity (Wildman–Crippen MR) is 59.5 cm³/mol. The summed E-state index contributed by atoms with van der Waals surface area (Å²) in [4.78, 5) is 14.6. The fourth-order valence-electron chi connectivity index (χ4n) is 1.09. The highest BCUT2D eigenvalue weighted by molar-refractivity contribution is 7.08. The molecule has 0 aliphatic carbocycles. The lowest BCUT2D eigenvalue weighted by Gasteiger charge is -2.04. The molecule has 6 nitrogen and oxygen atoms in total. The molecule has 7 heteroatoms. The van der Waals surface area contributed by atoms with Gasteiger partial charge in [0, 0.05) is 10.9 Å². The number of ether oxygens (including phenoxy) is 1. The fourth-order valence-corrected chi connectivity index (χ4v) is 1.72. The molecule has 0 spiro atoms. The molecule has 0 aliphatic heterocycles. The van der Waals surface area contributed by atoms with E-state index in [9.17, 15) is 4.79 Å². The molecule has 1 N–H and O–H groups in total. The summed E-state index contributed by atoms with van der Waals surface area (Å²) in [5.74, 6) is -0.283. The summed E-state index contributed by atoms with van der Waals surface area (Å²) < 4.78 is 9.97. The molecular formula is C10H10N2O4S. The van der Waals surface area contributed by atoms with Crippen LogP contribution in [0.5, 0.6) is 0 Å². The number of carboxylic acids is 1. The van der Waals surface area contributed by atoms with E-state index in [1.54, 1.807) is 0 Å². The van der Waals surface area contributed by atoms with Crippen LogP contribution in [0.25, 0.3) is 11.4 Å². The molecular weight excluding hydrogens is 244 g/mol. The average Bonchev–Trinajstić information content (AvgIpc) is 2.95. The van der Waals surface area contributed by atoms with Crippen molar-refractivity contribution in [1.29, 1.82) is 0 Å². The molecule has 1 atom stereocenters. The van der Waals surface area contributed by atoms with E-state index in [1.807, 2.05) is 16.8 Å². The Morgan fingerprint density at radius 3 is 3.18 bits per heavy atom. The molecule has 0 aliphatic rings. The van der Waals surface area contributed by atoms with Crippen molar-refractivity contribution in [3.63, 3.8) is 0 Å². The van der Waals surface area contributed by atoms with Gasteiger partial charge in [-0.2, -0.15) is 16.3 Å². The molecule has 2 rings (SSSR count). The van der Waals surface area contributed by atoms with Gasteiger partial charge in [0.2, 0.25) is 5.82 Å². The number of rotatable bonds is 5. The van der Waals surface area contributed by atoms with Gasteiger partial charge < -0.3 is 14.4 Å². The minimum absolute atomic E-state index is 0.00932. The zero-order valence-electron chi connectivity index (χ0n) is 8.99. The molecule has 0 radical (unpaired) electrons. The lowest BCUT2D eigenvalue weighted by atomic mass is 10.3. The Labute approximate surface area is 101 Å². The number of aliphatic carboxylic acids is 1. The van der Waals surface area contributed by atoms with E-state index in [2.05, 4.69) is 10.1 Å². The highest BCUT2D eigenvalue weighted by Crippen LogP contribution is 2.18. The second-order valence-electron chi connectivity index (χ2n) is 3.32. The van der Waals surface area contributed by atoms with Gasteiger partial charge in [0.1, 0.15) is 6.61 Å². The standard InChI is InChI=1S/C10H10N2O4S/c1-6(10(13)14)15-4-8-11-9(12-16-8)7-2-3-17-5-7/h2-3,5-6H,4H2,1H3,(H,13,14)/t6-/m1/s1. The minimum Gasteiger partial charge on any atom is -0.479 e. The molecule has 90 valence electrons. The molecule has 0 saturated heterocycles. The lowest BCUT2D eigenvalue weighted by molar-refractivity contribution is -0.150. The van der Waals surface area contributed by atoms with Crippen molar-refractivity contribution < 1.29 is 19.2 Å². The van der Waals surface area contributed by atoms with Crippen molar-refractivity contribution in [2.45, 2.75) is 19.6 Å². The molecule has 2 aromatic rings. The lowest BCUT2D eigenvalue weighted by Crippen LogP contribution is -2.19. The second kappa shape index (κ2) is 5.07. The number of thiophene rings is 1. The Kier molecular flexibility index (Phi) is 3.50. The summed E-state index contributed by atoms with van der Waals surface area (Å²) in [5.41, 5.74) is 0.872. The first kappa shape index (κ1) is 11.7. The molecule has 0 aromatic carbocycles. The molecule has 0 saturated carbocycles. The van der Waals surface area contributed by atoms with E-state index >= 15 is 0 Å². The van der Waals surface area contributed by atoms with Crippen molar-refractivity contribution in [3.05, 3.63) is 22.7 Å². The van der Waals surface area contributed by atoms with Crippen LogP contribution in [-0.2, 0) is 16.1 Å². The molecule has 0 fully saturated rings. The van der Waals surface area contributed by atoms with Crippen molar-refractivity contribution in [1.82, 2.24) is 10.1 Å². The first-order valence-corrected chi connectivity index (χ1v) is 5.80. The summed E-state index contributed by atoms with van der Waals surface area (Å²) in [6.45, 7) is 1.43. The zero-order valence-corrected chi connectivity index (χ0v) is 9.81. The monoisotopic (exact) mass is 254 g/mol. The average molecular weight is 254 g/mol. The summed E-state index contributed by atoms with van der Waals surface area (Å²) >= 11 is 1.54. The van der Waals surface area contributed by atoms with E-state index < -0.39 is 12.1 Å². The van der Waals surface area contributed by atoms with Gasteiger partial charge in [0.25, 0.3) is 5.89 Å². The number of hydrogen-bond donors (Lipinski definition) is 1. The number of nitrogens with zero attached hydrogens (tertiary/aromatic N) is 2. The SMILES string of the molecule is C[C@@H](OCc1nc(-c2ccsc2)no1)C(=O)O. The smallest absolute Gasteiger partial charge is 0.332 e. The second-order valence-corrected chi connectivity index (χ2v) is 4.10. The molecule has 2 aromatic heterocycles. The number of carboxylic acid groups (broad SMARTS) is 1. The molecule has 0 unspecified atom stereocenters. The van der Waals surface area contributed by atoms with Gasteiger partial charge in [-0.3, -0.25) is 0 Å². The first-order valence-electron chi connectivity index (χ1n) is 4.86. The van der Waals surface area contributed by atoms with Crippen LogP contribution in [0.2, 0.25) is 0 Å². The predicted octanol–water partition coefficient (Wildman–Crippen LogP) is 1.79. The highest BCUT2D eigenvalue weighted by Gasteiger charge is 2.14. The van der Waals surface area contributed by atoms with Crippen LogP contribution in [0.15, 0.2) is 21.3 Å². The first-order chi connectivity index (χ1) is 8.16. The maximum absolute atomic E-state index is 10.5. The largest absolute Gasteiger partial charge is 0.479 e. The van der Waals surface area contributed by atoms with Crippen molar-refractivity contribution in [3.8, 4) is 11.4 Å². The fraction of sp³-hybridized carbons (Fsp3) is 0.300. The third-order valence-electron chi connectivity index (χ3n) is 2.05. The van der Waals surface area contributed by atoms with E-state index in [1.165, 1.54) is 18.3 Å². The van der Waals surface area contributed by atoms with Crippen LogP contribution in [-0.4, -0.2) is 27.3 Å². The van der Waals surface area contributed by atoms with Gasteiger partial charge in [-0.15, -0.1) is 0 Å². The van der Waals surface area contributed by atoms with Crippen LogP contribution in [0, 0.1) is 0 Å². The van der Waals surface area contributed by atoms with Gasteiger partial charge in [0.15, 0.2) is 6.10 Å². The topological polar surface area (TPSA) is 85.5 Å². The van der Waals surface area contributed by atoms with E-state index in [0.29, 0.717) is 5.82 Å². The number of hydrogen-bond acceptors (Lipinski definition) is 6. The zero-order chi connectivity index (χ0) is 12.3. The molecule has 17 heavy (non-hydrogen) atoms. The Morgan fingerprint density at radius 1 is 1.71 bits per heavy atom. The van der Waals surface area contributed by atoms with Gasteiger partial charge in [-0.05, 0) is 18.4 Å². The van der Waals surface area contributed by atoms with E-state index in [4.69, 9.17) is 14.4 Å². The third kappa shape index (κ3) is 2.89. The number of aromatic nitrogens is 2. The summed E-state index contributed by atoms with van der Waals surface area (Å²) in [5, 5.41) is 16.2. The number of carbonyl (C=O) groups is 1. The van der Waals surface area contributed by atoms with Crippen LogP contribution >= 0.6 is 11.3 Å². The van der Waals surface area contributed by atoms with Crippen LogP contribution in [0.3, 0.4) is 0 Å². The van der Waals surface area contributed by atoms with Crippen LogP contribution < -0.4 is 0 Å². The summed E-state index contributed by atoms with van der Waals surface area (Å²) in [6, 6.07) is 1.88. The Hall–Kier alpha value is -1.73. The molecule has 0 bridgehead atoms. The Balaban J connectivity index is 1.97. The van der Waals surface area contributed by atoms with Crippen molar-refractivity contribution in [2.24, 2.45) is 0 Å². The quantitative estimate of drug-likeness (QED) is 0.875. The minimum atomic E-state index is -1.03. The normalized spacial score (nSPS) is 12.5. The Bertz CT molecular complexity index is 494. The van der Waals surface area contributed by atoms with Gasteiger partial charge in [-0.1, -0.05) is 5.16 Å².